The van der Waals surface area contributed by atoms with E-state index >= 15 is 0 Å². The number of nitrogens with zero attached hydrogens (tertiary/aromatic N) is 1. The summed E-state index contributed by atoms with van der Waals surface area (Å²) in [6.07, 6.45) is 0. The molecule has 2 rings (SSSR count). The molecule has 0 radical (unpaired) electrons. The van der Waals surface area contributed by atoms with Crippen molar-refractivity contribution in [1.82, 2.24) is 4.90 Å². The molecule has 0 spiro atoms. The molecule has 0 saturated carbocycles. The highest BCUT2D eigenvalue weighted by molar-refractivity contribution is 5.96. The molecule has 122 valence electrons. The van der Waals surface area contributed by atoms with Crippen molar-refractivity contribution in [2.75, 3.05) is 33.0 Å². The number of aryl methyl sites for hydroxylation is 1. The molecule has 0 fully saturated rings. The highest BCUT2D eigenvalue weighted by atomic mass is 16.5. The Morgan fingerprint density at radius 3 is 2.57 bits per heavy atom. The van der Waals surface area contributed by atoms with E-state index in [-0.39, 0.29) is 5.91 Å². The predicted molar refractivity (Wildman–Crippen MR) is 91.0 cm³/mol. The van der Waals surface area contributed by atoms with E-state index in [1.54, 1.807) is 31.2 Å². The van der Waals surface area contributed by atoms with Gasteiger partial charge in [0.15, 0.2) is 11.5 Å². The molecular weight excluding hydrogens is 292 g/mol. The van der Waals surface area contributed by atoms with Crippen molar-refractivity contribution >= 4 is 11.6 Å². The van der Waals surface area contributed by atoms with Crippen molar-refractivity contribution < 1.29 is 14.3 Å². The van der Waals surface area contributed by atoms with E-state index < -0.39 is 0 Å². The first-order valence-corrected chi connectivity index (χ1v) is 7.40. The van der Waals surface area contributed by atoms with Gasteiger partial charge in [0.1, 0.15) is 6.61 Å². The number of methoxy groups -OCH3 is 1. The summed E-state index contributed by atoms with van der Waals surface area (Å²) in [4.78, 5) is 14.1. The maximum absolute atomic E-state index is 12.5. The Balaban J connectivity index is 1.95. The van der Waals surface area contributed by atoms with Gasteiger partial charge in [0.25, 0.3) is 5.91 Å². The zero-order valence-corrected chi connectivity index (χ0v) is 13.7. The fourth-order valence-corrected chi connectivity index (χ4v) is 2.21. The summed E-state index contributed by atoms with van der Waals surface area (Å²) in [5.74, 6) is 1.27. The molecule has 0 aliphatic carbocycles. The number of carbonyl (C=O) groups is 1. The Morgan fingerprint density at radius 2 is 1.87 bits per heavy atom. The molecule has 0 atom stereocenters. The zero-order chi connectivity index (χ0) is 16.8. The van der Waals surface area contributed by atoms with Crippen LogP contribution in [-0.2, 0) is 0 Å². The summed E-state index contributed by atoms with van der Waals surface area (Å²) < 4.78 is 10.9. The number of hydrogen-bond acceptors (Lipinski definition) is 4. The van der Waals surface area contributed by atoms with Crippen molar-refractivity contribution in [3.8, 4) is 11.5 Å². The van der Waals surface area contributed by atoms with Crippen LogP contribution in [0.4, 0.5) is 5.69 Å². The Bertz CT molecular complexity index is 686. The average molecular weight is 314 g/mol. The summed E-state index contributed by atoms with van der Waals surface area (Å²) >= 11 is 0. The molecule has 0 heterocycles. The van der Waals surface area contributed by atoms with E-state index in [2.05, 4.69) is 0 Å². The summed E-state index contributed by atoms with van der Waals surface area (Å²) in [5, 5.41) is 0. The Kier molecular flexibility index (Phi) is 5.46. The second kappa shape index (κ2) is 7.54. The van der Waals surface area contributed by atoms with Gasteiger partial charge in [0, 0.05) is 18.3 Å². The summed E-state index contributed by atoms with van der Waals surface area (Å²) in [6.45, 7) is 2.74. The minimum Gasteiger partial charge on any atom is -0.493 e. The number of nitrogens with two attached hydrogens (primary N) is 1. The van der Waals surface area contributed by atoms with Gasteiger partial charge in [0.05, 0.1) is 13.7 Å². The van der Waals surface area contributed by atoms with Crippen LogP contribution in [-0.4, -0.2) is 38.1 Å². The monoisotopic (exact) mass is 314 g/mol. The quantitative estimate of drug-likeness (QED) is 0.833. The number of hydrogen-bond donors (Lipinski definition) is 1. The second-order valence-corrected chi connectivity index (χ2v) is 5.30. The summed E-state index contributed by atoms with van der Waals surface area (Å²) in [7, 11) is 3.34. The fraction of sp³-hybridized carbons (Fsp3) is 0.278. The van der Waals surface area contributed by atoms with Crippen molar-refractivity contribution in [2.45, 2.75) is 6.92 Å². The molecule has 0 aliphatic heterocycles. The van der Waals surface area contributed by atoms with Crippen LogP contribution in [0, 0.1) is 6.92 Å². The highest BCUT2D eigenvalue weighted by Crippen LogP contribution is 2.25. The lowest BCUT2D eigenvalue weighted by Gasteiger charge is -2.19. The van der Waals surface area contributed by atoms with Gasteiger partial charge in [-0.25, -0.2) is 0 Å². The topological polar surface area (TPSA) is 64.8 Å². The molecule has 0 aliphatic rings. The number of benzene rings is 2. The minimum atomic E-state index is -0.0709. The smallest absolute Gasteiger partial charge is 0.254 e. The van der Waals surface area contributed by atoms with Crippen molar-refractivity contribution in [1.29, 1.82) is 0 Å². The van der Waals surface area contributed by atoms with Crippen LogP contribution in [0.1, 0.15) is 15.9 Å². The molecule has 1 amide bonds. The third kappa shape index (κ3) is 4.16. The number of nitrogen functional groups attached to an aromatic ring is 1. The molecule has 0 aromatic heterocycles. The Morgan fingerprint density at radius 1 is 1.17 bits per heavy atom. The number of ether oxygens (including phenoxy) is 2. The van der Waals surface area contributed by atoms with Gasteiger partial charge in [-0.1, -0.05) is 18.2 Å². The number of para-hydroxylation sites is 2. The van der Waals surface area contributed by atoms with Gasteiger partial charge >= 0.3 is 0 Å². The van der Waals surface area contributed by atoms with E-state index in [4.69, 9.17) is 15.2 Å². The molecule has 2 aromatic rings. The first kappa shape index (κ1) is 16.7. The van der Waals surface area contributed by atoms with Gasteiger partial charge < -0.3 is 20.1 Å². The SMILES string of the molecule is COc1ccccc1OCCN(C)C(=O)c1cc(N)ccc1C. The molecule has 2 aromatic carbocycles. The summed E-state index contributed by atoms with van der Waals surface area (Å²) in [6, 6.07) is 12.8. The minimum absolute atomic E-state index is 0.0709. The van der Waals surface area contributed by atoms with Crippen LogP contribution in [0.25, 0.3) is 0 Å². The van der Waals surface area contributed by atoms with Crippen LogP contribution < -0.4 is 15.2 Å². The normalized spacial score (nSPS) is 10.2. The van der Waals surface area contributed by atoms with Crippen molar-refractivity contribution in [2.24, 2.45) is 0 Å². The molecule has 0 unspecified atom stereocenters. The van der Waals surface area contributed by atoms with Gasteiger partial charge in [-0.15, -0.1) is 0 Å². The Labute approximate surface area is 136 Å². The van der Waals surface area contributed by atoms with E-state index in [9.17, 15) is 4.79 Å². The molecule has 0 bridgehead atoms. The molecule has 5 heteroatoms. The predicted octanol–water partition coefficient (Wildman–Crippen LogP) is 2.74. The zero-order valence-electron chi connectivity index (χ0n) is 13.7. The number of likely N-dealkylation sites (N-methyl/N-ethyl adjacent to an activating group) is 1. The van der Waals surface area contributed by atoms with Crippen molar-refractivity contribution in [3.05, 3.63) is 53.6 Å². The first-order chi connectivity index (χ1) is 11.0. The van der Waals surface area contributed by atoms with Crippen LogP contribution in [0.15, 0.2) is 42.5 Å². The van der Waals surface area contributed by atoms with Gasteiger partial charge in [-0.05, 0) is 36.8 Å². The van der Waals surface area contributed by atoms with E-state index in [0.29, 0.717) is 35.9 Å². The lowest BCUT2D eigenvalue weighted by atomic mass is 10.1. The molecule has 0 saturated heterocycles. The van der Waals surface area contributed by atoms with Crippen LogP contribution in [0.5, 0.6) is 11.5 Å². The number of rotatable bonds is 6. The largest absolute Gasteiger partial charge is 0.493 e. The van der Waals surface area contributed by atoms with E-state index in [0.717, 1.165) is 5.56 Å². The van der Waals surface area contributed by atoms with Crippen LogP contribution in [0.3, 0.4) is 0 Å². The number of carbonyl (C=O) groups excluding carboxylic acids is 1. The van der Waals surface area contributed by atoms with E-state index in [1.807, 2.05) is 37.3 Å². The molecule has 5 nitrogen and oxygen atoms in total. The van der Waals surface area contributed by atoms with Crippen LogP contribution >= 0.6 is 0 Å². The van der Waals surface area contributed by atoms with Crippen LogP contribution in [0.2, 0.25) is 0 Å². The lowest BCUT2D eigenvalue weighted by molar-refractivity contribution is 0.0772. The van der Waals surface area contributed by atoms with Gasteiger partial charge in [-0.3, -0.25) is 4.79 Å². The third-order valence-electron chi connectivity index (χ3n) is 3.59. The first-order valence-electron chi connectivity index (χ1n) is 7.40. The van der Waals surface area contributed by atoms with Gasteiger partial charge in [0.2, 0.25) is 0 Å². The van der Waals surface area contributed by atoms with E-state index in [1.165, 1.54) is 0 Å². The third-order valence-corrected chi connectivity index (χ3v) is 3.59. The fourth-order valence-electron chi connectivity index (χ4n) is 2.21. The van der Waals surface area contributed by atoms with Gasteiger partial charge in [-0.2, -0.15) is 0 Å². The highest BCUT2D eigenvalue weighted by Gasteiger charge is 2.14. The second-order valence-electron chi connectivity index (χ2n) is 5.30. The standard InChI is InChI=1S/C18H22N2O3/c1-13-8-9-14(19)12-15(13)18(21)20(2)10-11-23-17-7-5-4-6-16(17)22-3/h4-9,12H,10-11,19H2,1-3H3. The molecule has 23 heavy (non-hydrogen) atoms. The molecule has 2 N–H and O–H groups in total. The maximum Gasteiger partial charge on any atom is 0.254 e. The van der Waals surface area contributed by atoms with Crippen molar-refractivity contribution in [3.63, 3.8) is 0 Å². The summed E-state index contributed by atoms with van der Waals surface area (Å²) in [5.41, 5.74) is 7.87. The lowest BCUT2D eigenvalue weighted by Crippen LogP contribution is -2.31. The number of amides is 1. The Hall–Kier alpha value is -2.69. The maximum atomic E-state index is 12.5. The number of anilines is 1. The molecular formula is C18H22N2O3. The average Bonchev–Trinajstić information content (AvgIpc) is 2.56.